The predicted molar refractivity (Wildman–Crippen MR) is 288 cm³/mol. The topological polar surface area (TPSA) is 180 Å². The quantitative estimate of drug-likeness (QED) is 0.0172. The number of methoxy groups -OCH3 is 3. The van der Waals surface area contributed by atoms with Crippen molar-refractivity contribution in [2.75, 3.05) is 34.5 Å². The van der Waals surface area contributed by atoms with Gasteiger partial charge in [-0.05, 0) is 83.5 Å². The molecule has 422 valence electrons. The first kappa shape index (κ1) is 67.6. The number of unbranched alkanes of at least 4 members (excludes halogenated alkanes) is 20. The van der Waals surface area contributed by atoms with E-state index in [0.29, 0.717) is 44.9 Å². The van der Waals surface area contributed by atoms with E-state index in [1.165, 1.54) is 32.1 Å². The zero-order chi connectivity index (χ0) is 52.9. The first-order chi connectivity index (χ1) is 35.0. The average molecular weight is 1030 g/mol. The lowest BCUT2D eigenvalue weighted by atomic mass is 9.99. The van der Waals surface area contributed by atoms with Crippen molar-refractivity contribution < 1.29 is 62.9 Å². The molecule has 0 spiro atoms. The molecule has 0 saturated carbocycles. The van der Waals surface area contributed by atoms with E-state index in [0.717, 1.165) is 128 Å². The van der Waals surface area contributed by atoms with Crippen molar-refractivity contribution in [1.29, 1.82) is 0 Å². The highest BCUT2D eigenvalue weighted by molar-refractivity contribution is 5.71. The monoisotopic (exact) mass is 1020 g/mol. The van der Waals surface area contributed by atoms with Crippen molar-refractivity contribution >= 4 is 17.9 Å². The molecule has 0 radical (unpaired) electrons. The molecule has 0 aromatic heterocycles. The van der Waals surface area contributed by atoms with Crippen molar-refractivity contribution in [3.63, 3.8) is 0 Å². The summed E-state index contributed by atoms with van der Waals surface area (Å²) in [5.41, 5.74) is 0. The summed E-state index contributed by atoms with van der Waals surface area (Å²) >= 11 is 0. The first-order valence-corrected chi connectivity index (χ1v) is 29.1. The maximum Gasteiger partial charge on any atom is 0.306 e. The van der Waals surface area contributed by atoms with E-state index in [-0.39, 0.29) is 74.9 Å². The van der Waals surface area contributed by atoms with Crippen LogP contribution in [0.5, 0.6) is 0 Å². The normalized spacial score (nSPS) is 17.7. The Hall–Kier alpha value is -2.39. The standard InChI is InChI=1S/C59H108O13/c1-7-10-12-13-24-31-40-54(67-5)50(61)38-30-23-22-29-35-43-58(64)70-47-48(46-69-57(63)42-34-27-20-16-14-18-25-32-39-53(66-4)49(60)37-11-8-2)71-59(65)44-36-28-21-17-15-19-26-33-41-55(68-6)51(62)45-56-52(9-3)72-56/h25-26,32-33,48-56,60-62H,7-24,27-31,34-47H2,1-6H3/b32-25-,33-26-. The van der Waals surface area contributed by atoms with Gasteiger partial charge >= 0.3 is 17.9 Å². The highest BCUT2D eigenvalue weighted by Gasteiger charge is 2.39. The Labute approximate surface area is 438 Å². The lowest BCUT2D eigenvalue weighted by Gasteiger charge is -2.21. The Kier molecular flexibility index (Phi) is 44.2. The molecule has 13 heteroatoms. The van der Waals surface area contributed by atoms with Gasteiger partial charge in [-0.1, -0.05) is 161 Å². The molecule has 9 unspecified atom stereocenters. The van der Waals surface area contributed by atoms with Crippen LogP contribution in [0.3, 0.4) is 0 Å². The third kappa shape index (κ3) is 37.4. The Bertz CT molecular complexity index is 1340. The lowest BCUT2D eigenvalue weighted by molar-refractivity contribution is -0.167. The van der Waals surface area contributed by atoms with Crippen LogP contribution in [0.1, 0.15) is 245 Å². The molecule has 1 aliphatic heterocycles. The predicted octanol–water partition coefficient (Wildman–Crippen LogP) is 12.7. The van der Waals surface area contributed by atoms with Crippen LogP contribution in [0.4, 0.5) is 0 Å². The Morgan fingerprint density at radius 2 is 0.875 bits per heavy atom. The first-order valence-electron chi connectivity index (χ1n) is 29.1. The summed E-state index contributed by atoms with van der Waals surface area (Å²) < 4.78 is 39.0. The van der Waals surface area contributed by atoms with Gasteiger partial charge < -0.3 is 48.5 Å². The third-order valence-electron chi connectivity index (χ3n) is 14.1. The van der Waals surface area contributed by atoms with Gasteiger partial charge in [0.2, 0.25) is 0 Å². The van der Waals surface area contributed by atoms with Gasteiger partial charge in [0.1, 0.15) is 13.2 Å². The molecule has 1 saturated heterocycles. The van der Waals surface area contributed by atoms with Crippen molar-refractivity contribution in [2.45, 2.75) is 300 Å². The van der Waals surface area contributed by atoms with Gasteiger partial charge in [-0.3, -0.25) is 14.4 Å². The number of aliphatic hydroxyl groups is 3. The number of esters is 3. The van der Waals surface area contributed by atoms with E-state index >= 15 is 0 Å². The molecule has 1 rings (SSSR count). The molecule has 9 atom stereocenters. The SMILES string of the molecule is CCCCCCCCC(OC)C(O)CCCCCCCC(=O)OCC(COC(=O)CCCCCCC/C=C\CC(OC)C(O)CCCC)OC(=O)CCCCCCC/C=C\CC(OC)C(O)CC1OC1CC. The highest BCUT2D eigenvalue weighted by Crippen LogP contribution is 2.30. The van der Waals surface area contributed by atoms with Crippen LogP contribution in [0.25, 0.3) is 0 Å². The molecule has 72 heavy (non-hydrogen) atoms. The van der Waals surface area contributed by atoms with E-state index in [9.17, 15) is 29.7 Å². The number of carbonyl (C=O) groups excluding carboxylic acids is 3. The summed E-state index contributed by atoms with van der Waals surface area (Å²) in [4.78, 5) is 38.4. The van der Waals surface area contributed by atoms with Gasteiger partial charge in [-0.25, -0.2) is 0 Å². The number of hydrogen-bond donors (Lipinski definition) is 3. The van der Waals surface area contributed by atoms with Crippen LogP contribution in [-0.2, 0) is 47.5 Å². The van der Waals surface area contributed by atoms with Crippen LogP contribution in [0.15, 0.2) is 24.3 Å². The number of epoxide rings is 1. The fourth-order valence-corrected chi connectivity index (χ4v) is 9.18. The molecule has 13 nitrogen and oxygen atoms in total. The smallest absolute Gasteiger partial charge is 0.306 e. The molecule has 0 amide bonds. The number of ether oxygens (including phenoxy) is 7. The second kappa shape index (κ2) is 47.1. The minimum atomic E-state index is -0.874. The van der Waals surface area contributed by atoms with Gasteiger partial charge in [0, 0.05) is 47.0 Å². The lowest BCUT2D eigenvalue weighted by Crippen LogP contribution is -2.30. The summed E-state index contributed by atoms with van der Waals surface area (Å²) in [5.74, 6) is -1.13. The molecule has 0 bridgehead atoms. The van der Waals surface area contributed by atoms with Crippen molar-refractivity contribution in [1.82, 2.24) is 0 Å². The van der Waals surface area contributed by atoms with Crippen molar-refractivity contribution in [2.24, 2.45) is 0 Å². The third-order valence-corrected chi connectivity index (χ3v) is 14.1. The second-order valence-electron chi connectivity index (χ2n) is 20.4. The second-order valence-corrected chi connectivity index (χ2v) is 20.4. The van der Waals surface area contributed by atoms with Crippen LogP contribution in [0, 0.1) is 0 Å². The van der Waals surface area contributed by atoms with E-state index in [4.69, 9.17) is 33.2 Å². The minimum Gasteiger partial charge on any atom is -0.462 e. The van der Waals surface area contributed by atoms with E-state index in [2.05, 4.69) is 45.1 Å². The maximum atomic E-state index is 12.9. The molecule has 0 aliphatic carbocycles. The van der Waals surface area contributed by atoms with Gasteiger partial charge in [0.15, 0.2) is 6.10 Å². The van der Waals surface area contributed by atoms with E-state index < -0.39 is 30.4 Å². The number of aliphatic hydroxyl groups excluding tert-OH is 3. The average Bonchev–Trinajstić information content (AvgIpc) is 4.14. The summed E-state index contributed by atoms with van der Waals surface area (Å²) in [7, 11) is 4.98. The van der Waals surface area contributed by atoms with Gasteiger partial charge in [0.25, 0.3) is 0 Å². The van der Waals surface area contributed by atoms with E-state index in [1.54, 1.807) is 21.3 Å². The minimum absolute atomic E-state index is 0.116. The molecule has 1 heterocycles. The molecule has 0 aromatic rings. The van der Waals surface area contributed by atoms with E-state index in [1.807, 2.05) is 0 Å². The zero-order valence-corrected chi connectivity index (χ0v) is 46.6. The molecule has 0 aromatic carbocycles. The van der Waals surface area contributed by atoms with Crippen LogP contribution in [0.2, 0.25) is 0 Å². The van der Waals surface area contributed by atoms with Crippen LogP contribution in [-0.4, -0.2) is 123 Å². The highest BCUT2D eigenvalue weighted by atomic mass is 16.6. The van der Waals surface area contributed by atoms with Crippen molar-refractivity contribution in [3.05, 3.63) is 24.3 Å². The van der Waals surface area contributed by atoms with Gasteiger partial charge in [-0.2, -0.15) is 0 Å². The fraction of sp³-hybridized carbons (Fsp3) is 0.881. The molecule has 1 aliphatic rings. The Morgan fingerprint density at radius 3 is 1.36 bits per heavy atom. The zero-order valence-electron chi connectivity index (χ0n) is 46.6. The Balaban J connectivity index is 2.43. The summed E-state index contributed by atoms with van der Waals surface area (Å²) in [6.45, 7) is 6.10. The molecule has 1 fully saturated rings. The molecule has 3 N–H and O–H groups in total. The summed E-state index contributed by atoms with van der Waals surface area (Å²) in [6, 6.07) is 0. The van der Waals surface area contributed by atoms with Gasteiger partial charge in [-0.15, -0.1) is 0 Å². The summed E-state index contributed by atoms with van der Waals surface area (Å²) in [5, 5.41) is 31.5. The maximum absolute atomic E-state index is 12.9. The number of hydrogen-bond acceptors (Lipinski definition) is 13. The number of allylic oxidation sites excluding steroid dienone is 2. The molecular formula is C59H108O13. The van der Waals surface area contributed by atoms with Gasteiger partial charge in [0.05, 0.1) is 48.8 Å². The fourth-order valence-electron chi connectivity index (χ4n) is 9.18. The van der Waals surface area contributed by atoms with Crippen LogP contribution < -0.4 is 0 Å². The number of carbonyl (C=O) groups is 3. The molecular weight excluding hydrogens is 917 g/mol. The van der Waals surface area contributed by atoms with Crippen molar-refractivity contribution in [3.8, 4) is 0 Å². The largest absolute Gasteiger partial charge is 0.462 e. The van der Waals surface area contributed by atoms with Crippen LogP contribution >= 0.6 is 0 Å². The Morgan fingerprint density at radius 1 is 0.458 bits per heavy atom. The number of rotatable bonds is 52. The summed E-state index contributed by atoms with van der Waals surface area (Å²) in [6.07, 6.45) is 37.2.